The average Bonchev–Trinajstić information content (AvgIpc) is 2.30. The van der Waals surface area contributed by atoms with Gasteiger partial charge in [0.05, 0.1) is 12.9 Å². The largest absolute Gasteiger partial charge is 0.384 e. The second-order valence-electron chi connectivity index (χ2n) is 4.93. The minimum Gasteiger partial charge on any atom is -0.384 e. The van der Waals surface area contributed by atoms with E-state index >= 15 is 0 Å². The second kappa shape index (κ2) is 6.81. The van der Waals surface area contributed by atoms with Crippen LogP contribution in [0.2, 0.25) is 0 Å². The summed E-state index contributed by atoms with van der Waals surface area (Å²) in [4.78, 5) is 2.27. The molecule has 108 valence electrons. The number of methoxy groups -OCH3 is 1. The standard InChI is InChI=1S/C11H25N3O3S/c1-10(9-17-2)11(8-12)13-4-6-14(7-5-13)18(3,15)16/h10-11H,4-9,12H2,1-3H3. The zero-order valence-electron chi connectivity index (χ0n) is 11.5. The van der Waals surface area contributed by atoms with Gasteiger partial charge in [-0.25, -0.2) is 8.42 Å². The first-order valence-electron chi connectivity index (χ1n) is 6.28. The van der Waals surface area contributed by atoms with Crippen molar-refractivity contribution in [1.29, 1.82) is 0 Å². The minimum absolute atomic E-state index is 0.256. The Kier molecular flexibility index (Phi) is 6.00. The summed E-state index contributed by atoms with van der Waals surface area (Å²) in [5, 5.41) is 0. The number of hydrogen-bond acceptors (Lipinski definition) is 5. The van der Waals surface area contributed by atoms with Crippen LogP contribution in [0.15, 0.2) is 0 Å². The first-order valence-corrected chi connectivity index (χ1v) is 8.13. The van der Waals surface area contributed by atoms with Crippen molar-refractivity contribution in [2.45, 2.75) is 13.0 Å². The van der Waals surface area contributed by atoms with Gasteiger partial charge in [0.1, 0.15) is 0 Å². The van der Waals surface area contributed by atoms with E-state index in [0.717, 1.165) is 13.1 Å². The van der Waals surface area contributed by atoms with Gasteiger partial charge in [-0.3, -0.25) is 4.90 Å². The molecule has 0 aromatic heterocycles. The number of sulfonamides is 1. The van der Waals surface area contributed by atoms with Crippen molar-refractivity contribution in [2.24, 2.45) is 11.7 Å². The molecule has 0 bridgehead atoms. The highest BCUT2D eigenvalue weighted by Crippen LogP contribution is 2.15. The van der Waals surface area contributed by atoms with Gasteiger partial charge < -0.3 is 10.5 Å². The fourth-order valence-corrected chi connectivity index (χ4v) is 3.31. The Bertz CT molecular complexity index is 339. The van der Waals surface area contributed by atoms with E-state index in [0.29, 0.717) is 32.2 Å². The Morgan fingerprint density at radius 3 is 2.22 bits per heavy atom. The first-order chi connectivity index (χ1) is 8.40. The monoisotopic (exact) mass is 279 g/mol. The van der Waals surface area contributed by atoms with Gasteiger partial charge in [-0.2, -0.15) is 4.31 Å². The molecule has 0 spiro atoms. The van der Waals surface area contributed by atoms with Crippen LogP contribution in [-0.4, -0.2) is 76.4 Å². The second-order valence-corrected chi connectivity index (χ2v) is 6.92. The van der Waals surface area contributed by atoms with E-state index in [-0.39, 0.29) is 6.04 Å². The molecule has 1 fully saturated rings. The summed E-state index contributed by atoms with van der Waals surface area (Å²) in [6.45, 7) is 5.94. The topological polar surface area (TPSA) is 75.9 Å². The van der Waals surface area contributed by atoms with Gasteiger partial charge >= 0.3 is 0 Å². The third-order valence-corrected chi connectivity index (χ3v) is 4.84. The lowest BCUT2D eigenvalue weighted by molar-refractivity contribution is 0.0655. The van der Waals surface area contributed by atoms with E-state index in [1.807, 2.05) is 0 Å². The molecule has 0 radical (unpaired) electrons. The molecule has 2 unspecified atom stereocenters. The van der Waals surface area contributed by atoms with Crippen LogP contribution < -0.4 is 5.73 Å². The highest BCUT2D eigenvalue weighted by Gasteiger charge is 2.29. The normalized spacial score (nSPS) is 22.9. The van der Waals surface area contributed by atoms with Crippen LogP contribution in [0.3, 0.4) is 0 Å². The predicted molar refractivity (Wildman–Crippen MR) is 71.9 cm³/mol. The van der Waals surface area contributed by atoms with Crippen LogP contribution in [0.4, 0.5) is 0 Å². The average molecular weight is 279 g/mol. The zero-order valence-corrected chi connectivity index (χ0v) is 12.3. The lowest BCUT2D eigenvalue weighted by Crippen LogP contribution is -2.55. The van der Waals surface area contributed by atoms with Gasteiger partial charge in [0, 0.05) is 45.9 Å². The summed E-state index contributed by atoms with van der Waals surface area (Å²) >= 11 is 0. The Labute approximate surface area is 110 Å². The molecule has 0 amide bonds. The molecule has 6 nitrogen and oxygen atoms in total. The van der Waals surface area contributed by atoms with Crippen LogP contribution in [0.5, 0.6) is 0 Å². The number of nitrogens with zero attached hydrogens (tertiary/aromatic N) is 2. The van der Waals surface area contributed by atoms with Crippen molar-refractivity contribution < 1.29 is 13.2 Å². The first kappa shape index (κ1) is 15.8. The van der Waals surface area contributed by atoms with Gasteiger partial charge in [-0.15, -0.1) is 0 Å². The van der Waals surface area contributed by atoms with Crippen LogP contribution >= 0.6 is 0 Å². The van der Waals surface area contributed by atoms with E-state index in [1.165, 1.54) is 10.6 Å². The van der Waals surface area contributed by atoms with E-state index in [4.69, 9.17) is 10.5 Å². The van der Waals surface area contributed by atoms with Crippen molar-refractivity contribution in [2.75, 3.05) is 52.7 Å². The highest BCUT2D eigenvalue weighted by molar-refractivity contribution is 7.88. The van der Waals surface area contributed by atoms with Gasteiger partial charge in [-0.05, 0) is 5.92 Å². The van der Waals surface area contributed by atoms with E-state index in [1.54, 1.807) is 7.11 Å². The van der Waals surface area contributed by atoms with Crippen LogP contribution in [0.1, 0.15) is 6.92 Å². The summed E-state index contributed by atoms with van der Waals surface area (Å²) in [6.07, 6.45) is 1.26. The Morgan fingerprint density at radius 1 is 1.28 bits per heavy atom. The fraction of sp³-hybridized carbons (Fsp3) is 1.00. The fourth-order valence-electron chi connectivity index (χ4n) is 2.48. The van der Waals surface area contributed by atoms with E-state index in [2.05, 4.69) is 11.8 Å². The Hall–Kier alpha value is -0.210. The SMILES string of the molecule is COCC(C)C(CN)N1CCN(S(C)(=O)=O)CC1. The van der Waals surface area contributed by atoms with Gasteiger partial charge in [-0.1, -0.05) is 6.92 Å². The van der Waals surface area contributed by atoms with Gasteiger partial charge in [0.25, 0.3) is 0 Å². The molecule has 7 heteroatoms. The molecule has 0 aliphatic carbocycles. The summed E-state index contributed by atoms with van der Waals surface area (Å²) in [7, 11) is -1.38. The summed E-state index contributed by atoms with van der Waals surface area (Å²) in [5.41, 5.74) is 5.83. The molecular weight excluding hydrogens is 254 g/mol. The van der Waals surface area contributed by atoms with Gasteiger partial charge in [0.15, 0.2) is 0 Å². The summed E-state index contributed by atoms with van der Waals surface area (Å²) in [6, 6.07) is 0.256. The van der Waals surface area contributed by atoms with Crippen LogP contribution in [-0.2, 0) is 14.8 Å². The molecule has 18 heavy (non-hydrogen) atoms. The third-order valence-electron chi connectivity index (χ3n) is 3.54. The number of nitrogens with two attached hydrogens (primary N) is 1. The molecule has 0 aromatic rings. The molecular formula is C11H25N3O3S. The smallest absolute Gasteiger partial charge is 0.211 e. The number of ether oxygens (including phenoxy) is 1. The molecule has 0 saturated carbocycles. The number of piperazine rings is 1. The van der Waals surface area contributed by atoms with Crippen molar-refractivity contribution in [1.82, 2.24) is 9.21 Å². The van der Waals surface area contributed by atoms with Crippen molar-refractivity contribution in [3.8, 4) is 0 Å². The zero-order chi connectivity index (χ0) is 13.8. The lowest BCUT2D eigenvalue weighted by Gasteiger charge is -2.40. The maximum atomic E-state index is 11.4. The van der Waals surface area contributed by atoms with E-state index < -0.39 is 10.0 Å². The van der Waals surface area contributed by atoms with Crippen molar-refractivity contribution in [3.05, 3.63) is 0 Å². The lowest BCUT2D eigenvalue weighted by atomic mass is 10.0. The maximum Gasteiger partial charge on any atom is 0.211 e. The third kappa shape index (κ3) is 4.17. The number of rotatable bonds is 6. The summed E-state index contributed by atoms with van der Waals surface area (Å²) < 4.78 is 29.6. The predicted octanol–water partition coefficient (Wildman–Crippen LogP) is -0.827. The van der Waals surface area contributed by atoms with Gasteiger partial charge in [0.2, 0.25) is 10.0 Å². The summed E-state index contributed by atoms with van der Waals surface area (Å²) in [5.74, 6) is 0.352. The Morgan fingerprint density at radius 2 is 1.83 bits per heavy atom. The van der Waals surface area contributed by atoms with Crippen LogP contribution in [0.25, 0.3) is 0 Å². The van der Waals surface area contributed by atoms with Crippen LogP contribution in [0, 0.1) is 5.92 Å². The van der Waals surface area contributed by atoms with Crippen molar-refractivity contribution in [3.63, 3.8) is 0 Å². The molecule has 1 rings (SSSR count). The molecule has 1 saturated heterocycles. The minimum atomic E-state index is -3.06. The molecule has 0 aromatic carbocycles. The number of hydrogen-bond donors (Lipinski definition) is 1. The van der Waals surface area contributed by atoms with Crippen molar-refractivity contribution >= 4 is 10.0 Å². The maximum absolute atomic E-state index is 11.4. The molecule has 1 aliphatic rings. The Balaban J connectivity index is 2.55. The quantitative estimate of drug-likeness (QED) is 0.687. The molecule has 1 heterocycles. The highest BCUT2D eigenvalue weighted by atomic mass is 32.2. The molecule has 1 aliphatic heterocycles. The van der Waals surface area contributed by atoms with E-state index in [9.17, 15) is 8.42 Å². The molecule has 2 atom stereocenters. The molecule has 2 N–H and O–H groups in total.